The first-order valence-electron chi connectivity index (χ1n) is 8.51. The molecule has 5 heteroatoms. The summed E-state index contributed by atoms with van der Waals surface area (Å²) < 4.78 is 5.01. The molecule has 0 saturated heterocycles. The average molecular weight is 348 g/mol. The van der Waals surface area contributed by atoms with Crippen LogP contribution in [0.1, 0.15) is 39.5 Å². The molecule has 1 aromatic carbocycles. The van der Waals surface area contributed by atoms with Crippen LogP contribution in [0.15, 0.2) is 65.8 Å². The second-order valence-corrected chi connectivity index (χ2v) is 6.00. The number of aromatic nitrogens is 2. The molecule has 0 unspecified atom stereocenters. The first-order valence-corrected chi connectivity index (χ1v) is 8.51. The predicted octanol–water partition coefficient (Wildman–Crippen LogP) is 3.13. The van der Waals surface area contributed by atoms with Crippen LogP contribution in [0.4, 0.5) is 0 Å². The Morgan fingerprint density at radius 1 is 1.04 bits per heavy atom. The van der Waals surface area contributed by atoms with Crippen molar-refractivity contribution in [1.82, 2.24) is 9.97 Å². The van der Waals surface area contributed by atoms with Crippen molar-refractivity contribution in [3.05, 3.63) is 99.2 Å². The van der Waals surface area contributed by atoms with Crippen molar-refractivity contribution in [3.8, 4) is 0 Å². The highest BCUT2D eigenvalue weighted by Crippen LogP contribution is 2.13. The summed E-state index contributed by atoms with van der Waals surface area (Å²) in [4.78, 5) is 30.4. The number of esters is 1. The van der Waals surface area contributed by atoms with Gasteiger partial charge in [-0.1, -0.05) is 30.3 Å². The van der Waals surface area contributed by atoms with Crippen molar-refractivity contribution in [2.45, 2.75) is 19.8 Å². The van der Waals surface area contributed by atoms with Crippen molar-refractivity contribution >= 4 is 5.97 Å². The van der Waals surface area contributed by atoms with Gasteiger partial charge in [-0.2, -0.15) is 0 Å². The molecule has 0 amide bonds. The zero-order valence-electron chi connectivity index (χ0n) is 14.6. The van der Waals surface area contributed by atoms with Gasteiger partial charge in [-0.05, 0) is 42.2 Å². The van der Waals surface area contributed by atoms with Crippen molar-refractivity contribution in [2.75, 3.05) is 6.61 Å². The van der Waals surface area contributed by atoms with Crippen molar-refractivity contribution < 1.29 is 9.53 Å². The number of aromatic amines is 1. The minimum absolute atomic E-state index is 0.0570. The Morgan fingerprint density at radius 3 is 2.46 bits per heavy atom. The van der Waals surface area contributed by atoms with E-state index in [4.69, 9.17) is 4.74 Å². The molecule has 3 rings (SSSR count). The van der Waals surface area contributed by atoms with Gasteiger partial charge in [-0.15, -0.1) is 0 Å². The lowest BCUT2D eigenvalue weighted by atomic mass is 10.0. The number of rotatable bonds is 6. The monoisotopic (exact) mass is 348 g/mol. The summed E-state index contributed by atoms with van der Waals surface area (Å²) in [6.07, 6.45) is 6.16. The number of carbonyl (C=O) groups excluding carboxylic acids is 1. The number of hydrogen-bond donors (Lipinski definition) is 1. The molecular formula is C21H20N2O3. The standard InChI is InChI=1S/C21H20N2O3/c1-2-26-21(25)19-12-17(13-22-14-19)10-15-5-7-16(8-6-15)11-18-4-3-9-23-20(18)24/h3-9,12-14H,2,10-11H2,1H3,(H,23,24). The molecule has 0 aliphatic heterocycles. The lowest BCUT2D eigenvalue weighted by molar-refractivity contribution is 0.0525. The van der Waals surface area contributed by atoms with Crippen molar-refractivity contribution in [3.63, 3.8) is 0 Å². The van der Waals surface area contributed by atoms with Gasteiger partial charge in [0.05, 0.1) is 12.2 Å². The maximum atomic E-state index is 11.8. The Kier molecular flexibility index (Phi) is 5.59. The predicted molar refractivity (Wildman–Crippen MR) is 99.3 cm³/mol. The molecule has 1 N–H and O–H groups in total. The SMILES string of the molecule is CCOC(=O)c1cncc(Cc2ccc(Cc3ccc[nH]c3=O)cc2)c1. The molecule has 26 heavy (non-hydrogen) atoms. The molecule has 0 aliphatic rings. The smallest absolute Gasteiger partial charge is 0.339 e. The summed E-state index contributed by atoms with van der Waals surface area (Å²) >= 11 is 0. The van der Waals surface area contributed by atoms with E-state index >= 15 is 0 Å². The number of hydrogen-bond acceptors (Lipinski definition) is 4. The minimum atomic E-state index is -0.356. The van der Waals surface area contributed by atoms with Crippen LogP contribution >= 0.6 is 0 Å². The number of pyridine rings is 2. The average Bonchev–Trinajstić information content (AvgIpc) is 2.66. The fourth-order valence-electron chi connectivity index (χ4n) is 2.74. The van der Waals surface area contributed by atoms with E-state index in [2.05, 4.69) is 9.97 Å². The van der Waals surface area contributed by atoms with Crippen LogP contribution in [0.2, 0.25) is 0 Å². The molecule has 0 bridgehead atoms. The van der Waals surface area contributed by atoms with E-state index in [1.807, 2.05) is 42.5 Å². The Morgan fingerprint density at radius 2 is 1.77 bits per heavy atom. The molecule has 132 valence electrons. The summed E-state index contributed by atoms with van der Waals surface area (Å²) in [5.41, 5.74) is 4.28. The Hall–Kier alpha value is -3.21. The first kappa shape index (κ1) is 17.6. The fourth-order valence-corrected chi connectivity index (χ4v) is 2.74. The van der Waals surface area contributed by atoms with E-state index < -0.39 is 0 Å². The zero-order valence-corrected chi connectivity index (χ0v) is 14.6. The van der Waals surface area contributed by atoms with Gasteiger partial charge in [0.1, 0.15) is 0 Å². The maximum Gasteiger partial charge on any atom is 0.339 e. The van der Waals surface area contributed by atoms with Gasteiger partial charge in [0.15, 0.2) is 0 Å². The molecule has 3 aromatic rings. The number of nitrogens with zero attached hydrogens (tertiary/aromatic N) is 1. The van der Waals surface area contributed by atoms with Gasteiger partial charge in [0.2, 0.25) is 0 Å². The number of H-pyrrole nitrogens is 1. The van der Waals surface area contributed by atoms with Crippen molar-refractivity contribution in [1.29, 1.82) is 0 Å². The lowest BCUT2D eigenvalue weighted by Gasteiger charge is -2.06. The molecule has 2 heterocycles. The van der Waals surface area contributed by atoms with Gasteiger partial charge >= 0.3 is 5.97 Å². The van der Waals surface area contributed by atoms with Crippen LogP contribution in [-0.4, -0.2) is 22.5 Å². The normalized spacial score (nSPS) is 10.5. The molecule has 0 spiro atoms. The topological polar surface area (TPSA) is 72.0 Å². The third-order valence-electron chi connectivity index (χ3n) is 4.03. The van der Waals surface area contributed by atoms with E-state index in [1.54, 1.807) is 19.3 Å². The van der Waals surface area contributed by atoms with E-state index in [0.29, 0.717) is 25.0 Å². The van der Waals surface area contributed by atoms with E-state index in [-0.39, 0.29) is 11.5 Å². The van der Waals surface area contributed by atoms with Crippen LogP contribution < -0.4 is 5.56 Å². The third-order valence-corrected chi connectivity index (χ3v) is 4.03. The number of benzene rings is 1. The Balaban J connectivity index is 1.70. The molecule has 0 aliphatic carbocycles. The first-order chi connectivity index (χ1) is 12.7. The van der Waals surface area contributed by atoms with Crippen LogP contribution in [0.25, 0.3) is 0 Å². The lowest BCUT2D eigenvalue weighted by Crippen LogP contribution is -2.11. The highest BCUT2D eigenvalue weighted by molar-refractivity contribution is 5.89. The highest BCUT2D eigenvalue weighted by Gasteiger charge is 2.08. The molecular weight excluding hydrogens is 328 g/mol. The van der Waals surface area contributed by atoms with Gasteiger partial charge in [-0.3, -0.25) is 9.78 Å². The van der Waals surface area contributed by atoms with E-state index in [0.717, 1.165) is 22.3 Å². The summed E-state index contributed by atoms with van der Waals surface area (Å²) in [7, 11) is 0. The minimum Gasteiger partial charge on any atom is -0.462 e. The second kappa shape index (κ2) is 8.25. The number of nitrogens with one attached hydrogen (secondary N) is 1. The molecule has 0 fully saturated rings. The van der Waals surface area contributed by atoms with Gasteiger partial charge < -0.3 is 9.72 Å². The molecule has 0 atom stereocenters. The summed E-state index contributed by atoms with van der Waals surface area (Å²) in [6, 6.07) is 13.6. The van der Waals surface area contributed by atoms with E-state index in [9.17, 15) is 9.59 Å². The summed E-state index contributed by atoms with van der Waals surface area (Å²) in [5, 5.41) is 0. The van der Waals surface area contributed by atoms with E-state index in [1.165, 1.54) is 6.20 Å². The zero-order chi connectivity index (χ0) is 18.4. The highest BCUT2D eigenvalue weighted by atomic mass is 16.5. The Labute approximate surface area is 151 Å². The molecule has 2 aromatic heterocycles. The fraction of sp³-hybridized carbons (Fsp3) is 0.190. The van der Waals surface area contributed by atoms with Crippen molar-refractivity contribution in [2.24, 2.45) is 0 Å². The third kappa shape index (κ3) is 4.45. The van der Waals surface area contributed by atoms with Gasteiger partial charge in [0.25, 0.3) is 5.56 Å². The molecule has 0 radical (unpaired) electrons. The van der Waals surface area contributed by atoms with Crippen LogP contribution in [0.3, 0.4) is 0 Å². The number of ether oxygens (including phenoxy) is 1. The molecule has 0 saturated carbocycles. The second-order valence-electron chi connectivity index (χ2n) is 6.00. The van der Waals surface area contributed by atoms with Crippen LogP contribution in [0, 0.1) is 0 Å². The van der Waals surface area contributed by atoms with Crippen LogP contribution in [0.5, 0.6) is 0 Å². The van der Waals surface area contributed by atoms with Gasteiger partial charge in [0, 0.05) is 30.6 Å². The maximum absolute atomic E-state index is 11.8. The molecule has 5 nitrogen and oxygen atoms in total. The Bertz CT molecular complexity index is 946. The van der Waals surface area contributed by atoms with Crippen LogP contribution in [-0.2, 0) is 17.6 Å². The number of carbonyl (C=O) groups is 1. The quantitative estimate of drug-likeness (QED) is 0.695. The largest absolute Gasteiger partial charge is 0.462 e. The van der Waals surface area contributed by atoms with Gasteiger partial charge in [-0.25, -0.2) is 4.79 Å². The summed E-state index contributed by atoms with van der Waals surface area (Å²) in [6.45, 7) is 2.12. The summed E-state index contributed by atoms with van der Waals surface area (Å²) in [5.74, 6) is -0.356.